The van der Waals surface area contributed by atoms with Gasteiger partial charge in [0, 0.05) is 12.3 Å². The zero-order chi connectivity index (χ0) is 61.4. The first kappa shape index (κ1) is 69.3. The van der Waals surface area contributed by atoms with Gasteiger partial charge in [0.2, 0.25) is 17.7 Å². The number of ketones is 1. The smallest absolute Gasteiger partial charge is 0.483 e. The predicted octanol–water partition coefficient (Wildman–Crippen LogP) is -7.89. The normalized spacial score (nSPS) is 26.5. The van der Waals surface area contributed by atoms with Crippen LogP contribution < -0.4 is 48.5 Å². The van der Waals surface area contributed by atoms with Crippen molar-refractivity contribution in [3.63, 3.8) is 0 Å². The van der Waals surface area contributed by atoms with Crippen molar-refractivity contribution in [1.82, 2.24) is 30.8 Å². The molecule has 39 heteroatoms. The van der Waals surface area contributed by atoms with Crippen LogP contribution in [0.25, 0.3) is 0 Å². The third-order valence-corrected chi connectivity index (χ3v) is 14.5. The Morgan fingerprint density at radius 3 is 2.05 bits per heavy atom. The van der Waals surface area contributed by atoms with Crippen molar-refractivity contribution in [3.05, 3.63) is 33.1 Å². The van der Waals surface area contributed by atoms with E-state index in [-0.39, 0.29) is 19.3 Å². The molecule has 0 saturated carbocycles. The number of nitrogens with one attached hydrogen (secondary N) is 5. The van der Waals surface area contributed by atoms with Gasteiger partial charge in [0.1, 0.15) is 79.0 Å². The van der Waals surface area contributed by atoms with Crippen LogP contribution in [0.4, 0.5) is 0 Å². The number of nitrogens with two attached hydrogens (primary N) is 1. The number of phosphoric acid groups is 2. The molecule has 0 aromatic carbocycles. The van der Waals surface area contributed by atoms with Gasteiger partial charge in [-0.15, -0.1) is 0 Å². The van der Waals surface area contributed by atoms with Gasteiger partial charge in [-0.1, -0.05) is 0 Å². The van der Waals surface area contributed by atoms with Crippen LogP contribution in [0.3, 0.4) is 0 Å². The number of aliphatic carboxylic acids is 3. The summed E-state index contributed by atoms with van der Waals surface area (Å²) in [7, 11) is -11.8. The SMILES string of the molecule is CC([O-])=N[C@H]1[C@@H](OP(=O)(O)OP(=O)(O)OC[C@H]2O[C@@H](n3ccc(=O)[nH]c3=O)[C@H](O)[C@@H]2O)O[C@H](CO)[C@@H](O)[C@@H]1O[C@H](C)C(=O)N[C@@H](C)C(=O)N[C@H](CCC([O-])=N[C@@H](CCC[C@@H](N)C(=O)O)C(=O)N[C@H](C)C(=O)CN[C@H](C)C(=O)O)C(=O)O. The van der Waals surface area contributed by atoms with Crippen LogP contribution >= 0.6 is 15.6 Å². The number of aromatic nitrogens is 2. The molecule has 3 heterocycles. The third kappa shape index (κ3) is 21.4. The summed E-state index contributed by atoms with van der Waals surface area (Å²) < 4.78 is 56.9. The van der Waals surface area contributed by atoms with E-state index in [0.29, 0.717) is 4.57 Å². The number of hydrogen-bond donors (Lipinski definition) is 15. The van der Waals surface area contributed by atoms with Crippen molar-refractivity contribution >= 4 is 68.9 Å². The standard InChI is InChI=1S/C42H67N9O28P2/c1-16(24(54)13-44-18(3)38(63)64)45-36(62)22(8-6-7-21(43)39(65)66)48-27(55)10-9-23(40(67)68)49-34(60)17(2)46-35(61)19(4)75-33-29(47-20(5)53)41(77-25(14-52)31(33)58)78-81(72,73)79-80(70,71)74-15-26-30(57)32(59)37(76-26)51-12-11-28(56)50-42(51)69/h11-12,16-19,21-23,25-26,29-33,37,41,44,52,57-59H,6-10,13-15,43H2,1-5H3,(H,45,62)(H,46,61)(H,47,53)(H,48,55)(H,49,60)(H,63,64)(H,65,66)(H,67,68)(H,70,71)(H,72,73)(H,50,56,69)/p-2/t16-,17+,18-,19-,21-,22+,23-,25-,26-,29-,30-,31-,32-,33-,37-,41-/m1/s1. The summed E-state index contributed by atoms with van der Waals surface area (Å²) in [5.74, 6) is -10.5. The number of aliphatic hydroxyl groups is 4. The van der Waals surface area contributed by atoms with Crippen LogP contribution in [0.5, 0.6) is 0 Å². The molecule has 0 radical (unpaired) electrons. The van der Waals surface area contributed by atoms with Gasteiger partial charge in [0.25, 0.3) is 5.56 Å². The zero-order valence-corrected chi connectivity index (χ0v) is 45.4. The van der Waals surface area contributed by atoms with Gasteiger partial charge in [0.15, 0.2) is 18.3 Å². The Hall–Kier alpha value is -5.99. The molecule has 2 saturated heterocycles. The molecular weight excluding hydrogens is 1140 g/mol. The lowest BCUT2D eigenvalue weighted by molar-refractivity contribution is -0.259. The van der Waals surface area contributed by atoms with Gasteiger partial charge in [-0.3, -0.25) is 67.5 Å². The first-order chi connectivity index (χ1) is 37.6. The van der Waals surface area contributed by atoms with Crippen molar-refractivity contribution in [2.75, 3.05) is 19.8 Å². The summed E-state index contributed by atoms with van der Waals surface area (Å²) in [5, 5.41) is 104. The fraction of sp³-hybridized carbons (Fsp3) is 0.690. The second-order valence-corrected chi connectivity index (χ2v) is 21.3. The molecule has 0 bridgehead atoms. The Kier molecular flexibility index (Phi) is 26.4. The fourth-order valence-electron chi connectivity index (χ4n) is 7.39. The van der Waals surface area contributed by atoms with Crippen molar-refractivity contribution in [1.29, 1.82) is 0 Å². The summed E-state index contributed by atoms with van der Waals surface area (Å²) in [6.07, 6.45) is -18.4. The minimum absolute atomic E-state index is 0.0699. The average Bonchev–Trinajstić information content (AvgIpc) is 3.65. The highest BCUT2D eigenvalue weighted by Gasteiger charge is 2.52. The van der Waals surface area contributed by atoms with E-state index in [9.17, 15) is 97.8 Å². The Morgan fingerprint density at radius 1 is 0.827 bits per heavy atom. The molecule has 0 aliphatic carbocycles. The van der Waals surface area contributed by atoms with Crippen molar-refractivity contribution in [3.8, 4) is 0 Å². The minimum Gasteiger partial charge on any atom is -0.862 e. The van der Waals surface area contributed by atoms with E-state index in [2.05, 4.69) is 40.1 Å². The zero-order valence-electron chi connectivity index (χ0n) is 43.6. The summed E-state index contributed by atoms with van der Waals surface area (Å²) in [6.45, 7) is 2.67. The summed E-state index contributed by atoms with van der Waals surface area (Å²) >= 11 is 0. The van der Waals surface area contributed by atoms with Gasteiger partial charge in [-0.2, -0.15) is 4.31 Å². The summed E-state index contributed by atoms with van der Waals surface area (Å²) in [5.41, 5.74) is 3.63. The van der Waals surface area contributed by atoms with Gasteiger partial charge in [-0.25, -0.2) is 18.7 Å². The average molecular weight is 1210 g/mol. The molecule has 18 atom stereocenters. The number of H-pyrrole nitrogens is 1. The highest BCUT2D eigenvalue weighted by molar-refractivity contribution is 7.61. The van der Waals surface area contributed by atoms with E-state index in [0.717, 1.165) is 33.0 Å². The van der Waals surface area contributed by atoms with E-state index in [4.69, 9.17) is 34.7 Å². The molecular formula is C42H65N9O28P2-2. The number of aromatic amines is 1. The molecule has 2 fully saturated rings. The van der Waals surface area contributed by atoms with Crippen LogP contribution in [0.1, 0.15) is 73.0 Å². The quantitative estimate of drug-likeness (QED) is 0.0177. The number of nitrogens with zero attached hydrogens (tertiary/aromatic N) is 3. The maximum atomic E-state index is 13.4. The van der Waals surface area contributed by atoms with E-state index in [1.165, 1.54) is 13.8 Å². The molecule has 0 spiro atoms. The van der Waals surface area contributed by atoms with E-state index >= 15 is 0 Å². The molecule has 2 aliphatic heterocycles. The van der Waals surface area contributed by atoms with Crippen LogP contribution in [-0.2, 0) is 70.3 Å². The lowest BCUT2D eigenvalue weighted by atomic mass is 9.97. The highest BCUT2D eigenvalue weighted by Crippen LogP contribution is 2.61. The second-order valence-electron chi connectivity index (χ2n) is 18.3. The number of carboxylic acids is 3. The first-order valence-corrected chi connectivity index (χ1v) is 27.3. The number of carbonyl (C=O) groups is 7. The molecule has 16 N–H and O–H groups in total. The third-order valence-electron chi connectivity index (χ3n) is 11.9. The summed E-state index contributed by atoms with van der Waals surface area (Å²) in [6, 6.07) is -9.94. The molecule has 37 nitrogen and oxygen atoms in total. The number of carbonyl (C=O) groups excluding carboxylic acids is 4. The van der Waals surface area contributed by atoms with Gasteiger partial charge >= 0.3 is 39.2 Å². The molecule has 1 aromatic heterocycles. The van der Waals surface area contributed by atoms with Crippen LogP contribution in [0.2, 0.25) is 0 Å². The number of amides is 3. The number of carboxylic acid groups (broad SMARTS) is 3. The number of rotatable bonds is 33. The van der Waals surface area contributed by atoms with E-state index < -0.39 is 210 Å². The maximum Gasteiger partial charge on any atom is 0.483 e. The lowest BCUT2D eigenvalue weighted by Crippen LogP contribution is -2.61. The second kappa shape index (κ2) is 30.9. The number of ether oxygens (including phenoxy) is 3. The first-order valence-electron chi connectivity index (χ1n) is 24.3. The van der Waals surface area contributed by atoms with Crippen LogP contribution in [0, 0.1) is 0 Å². The largest absolute Gasteiger partial charge is 0.862 e. The molecule has 3 amide bonds. The molecule has 81 heavy (non-hydrogen) atoms. The van der Waals surface area contributed by atoms with Crippen molar-refractivity contribution in [2.45, 2.75) is 164 Å². The Bertz CT molecular complexity index is 2670. The fourth-order valence-corrected chi connectivity index (χ4v) is 9.55. The molecule has 1 aromatic rings. The topological polar surface area (TPSA) is 591 Å². The lowest BCUT2D eigenvalue weighted by Gasteiger charge is -2.43. The van der Waals surface area contributed by atoms with E-state index in [1.807, 2.05) is 4.98 Å². The predicted molar refractivity (Wildman–Crippen MR) is 263 cm³/mol. The number of hydrogen-bond acceptors (Lipinski definition) is 27. The van der Waals surface area contributed by atoms with Gasteiger partial charge < -0.3 is 91.6 Å². The number of phosphoric ester groups is 2. The molecule has 2 unspecified atom stereocenters. The van der Waals surface area contributed by atoms with Gasteiger partial charge in [0.05, 0.1) is 25.8 Å². The molecule has 458 valence electrons. The maximum absolute atomic E-state index is 13.4. The number of aliphatic imine (C=N–C) groups is 2. The van der Waals surface area contributed by atoms with E-state index in [1.54, 1.807) is 0 Å². The van der Waals surface area contributed by atoms with Gasteiger partial charge in [-0.05, 0) is 78.5 Å². The Labute approximate surface area is 457 Å². The van der Waals surface area contributed by atoms with Crippen LogP contribution in [-0.4, -0.2) is 219 Å². The van der Waals surface area contributed by atoms with Crippen molar-refractivity contribution in [2.24, 2.45) is 15.7 Å². The number of Topliss-reactive ketones (excluding diaryl/α,β-unsaturated/α-hetero) is 1. The monoisotopic (exact) mass is 1210 g/mol. The van der Waals surface area contributed by atoms with Crippen molar-refractivity contribution < 1.29 is 126 Å². The molecule has 2 aliphatic rings. The van der Waals surface area contributed by atoms with Crippen LogP contribution in [0.15, 0.2) is 31.8 Å². The Morgan fingerprint density at radius 2 is 1.47 bits per heavy atom. The highest BCUT2D eigenvalue weighted by atomic mass is 31.3. The summed E-state index contributed by atoms with van der Waals surface area (Å²) in [4.78, 5) is 141. The Balaban J connectivity index is 1.69. The number of aliphatic hydroxyl groups excluding tert-OH is 4. The minimum atomic E-state index is -5.99. The molecule has 3 rings (SSSR count).